The largest absolute Gasteiger partial charge is 0.508 e. The summed E-state index contributed by atoms with van der Waals surface area (Å²) in [4.78, 5) is 10.5. The van der Waals surface area contributed by atoms with Crippen LogP contribution < -0.4 is 4.74 Å². The number of phenolic OH excluding ortho intramolecular Hbond substituents is 1. The number of benzene rings is 1. The van der Waals surface area contributed by atoms with Crippen LogP contribution in [0.2, 0.25) is 0 Å². The van der Waals surface area contributed by atoms with Crippen LogP contribution in [-0.4, -0.2) is 29.5 Å². The average molecular weight is 251 g/mol. The molecule has 3 rings (SSSR count). The minimum atomic E-state index is -0.427. The summed E-state index contributed by atoms with van der Waals surface area (Å²) in [7, 11) is 0. The number of fused-ring (bicyclic) bond motifs is 2. The first-order chi connectivity index (χ1) is 8.65. The Morgan fingerprint density at radius 1 is 1.50 bits per heavy atom. The van der Waals surface area contributed by atoms with Crippen molar-refractivity contribution in [2.45, 2.75) is 18.6 Å². The van der Waals surface area contributed by atoms with Crippen LogP contribution >= 0.6 is 0 Å². The molecule has 0 radical (unpaired) electrons. The molecule has 1 aromatic rings. The van der Waals surface area contributed by atoms with E-state index in [0.29, 0.717) is 12.4 Å². The Labute approximate surface area is 103 Å². The molecule has 1 fully saturated rings. The van der Waals surface area contributed by atoms with Crippen LogP contribution in [0.5, 0.6) is 11.5 Å². The molecule has 1 saturated heterocycles. The van der Waals surface area contributed by atoms with Crippen LogP contribution in [-0.2, 0) is 4.74 Å². The fraction of sp³-hybridized carbons (Fsp3) is 0.500. The number of nitrogens with zero attached hydrogens (tertiary/aromatic N) is 1. The van der Waals surface area contributed by atoms with Crippen molar-refractivity contribution in [2.24, 2.45) is 5.92 Å². The van der Waals surface area contributed by atoms with Gasteiger partial charge in [0.2, 0.25) is 12.8 Å². The summed E-state index contributed by atoms with van der Waals surface area (Å²) in [5.74, 6) is 0.388. The first kappa shape index (κ1) is 11.3. The second kappa shape index (κ2) is 4.13. The van der Waals surface area contributed by atoms with Crippen LogP contribution in [0.4, 0.5) is 0 Å². The van der Waals surface area contributed by atoms with Gasteiger partial charge in [-0.1, -0.05) is 6.07 Å². The zero-order chi connectivity index (χ0) is 12.7. The zero-order valence-corrected chi connectivity index (χ0v) is 9.61. The Kier molecular flexibility index (Phi) is 2.59. The maximum absolute atomic E-state index is 10.8. The van der Waals surface area contributed by atoms with Gasteiger partial charge in [-0.2, -0.15) is 0 Å². The van der Waals surface area contributed by atoms with Crippen molar-refractivity contribution in [2.75, 3.05) is 13.2 Å². The van der Waals surface area contributed by atoms with Crippen molar-refractivity contribution in [3.05, 3.63) is 33.9 Å². The van der Waals surface area contributed by atoms with Gasteiger partial charge in [0.1, 0.15) is 11.5 Å². The number of ether oxygens (including phenoxy) is 2. The van der Waals surface area contributed by atoms with E-state index in [1.807, 2.05) is 0 Å². The summed E-state index contributed by atoms with van der Waals surface area (Å²) >= 11 is 0. The molecule has 3 atom stereocenters. The van der Waals surface area contributed by atoms with E-state index in [-0.39, 0.29) is 29.1 Å². The Morgan fingerprint density at radius 2 is 2.33 bits per heavy atom. The molecular formula is C12H13NO5. The summed E-state index contributed by atoms with van der Waals surface area (Å²) in [6.07, 6.45) is 0.341. The molecule has 0 amide bonds. The van der Waals surface area contributed by atoms with E-state index in [1.165, 1.54) is 12.1 Å². The molecule has 0 aromatic heterocycles. The molecule has 1 aromatic carbocycles. The van der Waals surface area contributed by atoms with Crippen LogP contribution in [0.1, 0.15) is 17.9 Å². The third kappa shape index (κ3) is 1.78. The first-order valence-corrected chi connectivity index (χ1v) is 5.88. The molecule has 0 bridgehead atoms. The Balaban J connectivity index is 2.01. The second-order valence-corrected chi connectivity index (χ2v) is 4.65. The summed E-state index contributed by atoms with van der Waals surface area (Å²) in [6.45, 7) is 0.426. The maximum Gasteiger partial charge on any atom is 0.211 e. The van der Waals surface area contributed by atoms with E-state index in [1.54, 1.807) is 6.07 Å². The number of hydrogen-bond acceptors (Lipinski definition) is 5. The Morgan fingerprint density at radius 3 is 3.11 bits per heavy atom. The first-order valence-electron chi connectivity index (χ1n) is 5.88. The number of rotatable bonds is 2. The lowest BCUT2D eigenvalue weighted by Gasteiger charge is -2.32. The number of aromatic hydroxyl groups is 1. The third-order valence-electron chi connectivity index (χ3n) is 3.59. The zero-order valence-electron chi connectivity index (χ0n) is 9.61. The molecule has 2 aliphatic rings. The molecule has 96 valence electrons. The van der Waals surface area contributed by atoms with E-state index >= 15 is 0 Å². The van der Waals surface area contributed by atoms with Crippen molar-refractivity contribution in [1.29, 1.82) is 0 Å². The molecule has 0 aliphatic carbocycles. The SMILES string of the molecule is O=[N+]([O-])C[C@@H]1c2ccc(O)cc2O[C@H]2OCC[C@H]21. The minimum absolute atomic E-state index is 0.0208. The van der Waals surface area contributed by atoms with Gasteiger partial charge in [0.15, 0.2) is 0 Å². The molecule has 0 saturated carbocycles. The number of phenols is 1. The van der Waals surface area contributed by atoms with Gasteiger partial charge in [-0.25, -0.2) is 0 Å². The minimum Gasteiger partial charge on any atom is -0.508 e. The standard InChI is InChI=1S/C12H13NO5/c14-7-1-2-8-10(6-13(15)16)9-3-4-17-12(9)18-11(8)5-7/h1-2,5,9-10,12,14H,3-4,6H2/t9-,10+,12+/m0/s1. The number of nitro groups is 1. The summed E-state index contributed by atoms with van der Waals surface area (Å²) in [6, 6.07) is 4.72. The highest BCUT2D eigenvalue weighted by molar-refractivity contribution is 5.44. The van der Waals surface area contributed by atoms with Gasteiger partial charge in [0.25, 0.3) is 0 Å². The van der Waals surface area contributed by atoms with E-state index in [4.69, 9.17) is 9.47 Å². The molecule has 2 aliphatic heterocycles. The van der Waals surface area contributed by atoms with Crippen LogP contribution in [0.3, 0.4) is 0 Å². The average Bonchev–Trinajstić information content (AvgIpc) is 2.75. The molecule has 1 N–H and O–H groups in total. The molecule has 6 heteroatoms. The van der Waals surface area contributed by atoms with Gasteiger partial charge in [0, 0.05) is 22.5 Å². The fourth-order valence-electron chi connectivity index (χ4n) is 2.77. The second-order valence-electron chi connectivity index (χ2n) is 4.65. The van der Waals surface area contributed by atoms with E-state index in [2.05, 4.69) is 0 Å². The topological polar surface area (TPSA) is 81.8 Å². The highest BCUT2D eigenvalue weighted by atomic mass is 16.7. The smallest absolute Gasteiger partial charge is 0.211 e. The van der Waals surface area contributed by atoms with Crippen molar-refractivity contribution < 1.29 is 19.5 Å². The van der Waals surface area contributed by atoms with Gasteiger partial charge < -0.3 is 14.6 Å². The molecule has 2 heterocycles. The monoisotopic (exact) mass is 251 g/mol. The van der Waals surface area contributed by atoms with E-state index < -0.39 is 6.29 Å². The Bertz CT molecular complexity index is 489. The van der Waals surface area contributed by atoms with E-state index in [9.17, 15) is 15.2 Å². The Hall–Kier alpha value is -1.82. The van der Waals surface area contributed by atoms with Gasteiger partial charge in [0.05, 0.1) is 12.5 Å². The molecule has 6 nitrogen and oxygen atoms in total. The molecule has 18 heavy (non-hydrogen) atoms. The summed E-state index contributed by atoms with van der Waals surface area (Å²) in [5.41, 5.74) is 0.788. The highest BCUT2D eigenvalue weighted by Crippen LogP contribution is 2.45. The molecule has 0 spiro atoms. The summed E-state index contributed by atoms with van der Waals surface area (Å²) < 4.78 is 11.1. The molecule has 0 unspecified atom stereocenters. The van der Waals surface area contributed by atoms with Crippen LogP contribution in [0.15, 0.2) is 18.2 Å². The normalized spacial score (nSPS) is 29.2. The van der Waals surface area contributed by atoms with Gasteiger partial charge >= 0.3 is 0 Å². The van der Waals surface area contributed by atoms with Crippen LogP contribution in [0.25, 0.3) is 0 Å². The highest BCUT2D eigenvalue weighted by Gasteiger charge is 2.44. The van der Waals surface area contributed by atoms with Gasteiger partial charge in [-0.3, -0.25) is 10.1 Å². The lowest BCUT2D eigenvalue weighted by Crippen LogP contribution is -2.35. The quantitative estimate of drug-likeness (QED) is 0.636. The van der Waals surface area contributed by atoms with Gasteiger partial charge in [-0.15, -0.1) is 0 Å². The predicted octanol–water partition coefficient (Wildman–Crippen LogP) is 1.51. The maximum atomic E-state index is 10.8. The van der Waals surface area contributed by atoms with Gasteiger partial charge in [-0.05, 0) is 12.5 Å². The van der Waals surface area contributed by atoms with Crippen molar-refractivity contribution >= 4 is 0 Å². The molecular weight excluding hydrogens is 238 g/mol. The van der Waals surface area contributed by atoms with Crippen molar-refractivity contribution in [3.8, 4) is 11.5 Å². The summed E-state index contributed by atoms with van der Waals surface area (Å²) in [5, 5.41) is 20.2. The third-order valence-corrected chi connectivity index (χ3v) is 3.59. The fourth-order valence-corrected chi connectivity index (χ4v) is 2.77. The van der Waals surface area contributed by atoms with Crippen LogP contribution in [0, 0.1) is 16.0 Å². The van der Waals surface area contributed by atoms with Crippen molar-refractivity contribution in [1.82, 2.24) is 0 Å². The van der Waals surface area contributed by atoms with E-state index in [0.717, 1.165) is 12.0 Å². The van der Waals surface area contributed by atoms with Crippen molar-refractivity contribution in [3.63, 3.8) is 0 Å². The number of hydrogen-bond donors (Lipinski definition) is 1. The predicted molar refractivity (Wildman–Crippen MR) is 61.2 cm³/mol. The lowest BCUT2D eigenvalue weighted by molar-refractivity contribution is -0.485. The lowest BCUT2D eigenvalue weighted by atomic mass is 9.82.